The number of nitrogens with one attached hydrogen (secondary N) is 1. The number of nitrogens with zero attached hydrogens (tertiary/aromatic N) is 3. The van der Waals surface area contributed by atoms with Crippen LogP contribution in [0.1, 0.15) is 6.42 Å². The van der Waals surface area contributed by atoms with Gasteiger partial charge in [0.1, 0.15) is 12.7 Å². The molecule has 1 heterocycles. The second-order valence-electron chi connectivity index (χ2n) is 1.97. The lowest BCUT2D eigenvalue weighted by Gasteiger charge is -1.96. The number of halogens is 1. The van der Waals surface area contributed by atoms with E-state index in [2.05, 4.69) is 10.2 Å². The van der Waals surface area contributed by atoms with Crippen molar-refractivity contribution >= 4 is 18.2 Å². The third-order valence-corrected chi connectivity index (χ3v) is 1.11. The summed E-state index contributed by atoms with van der Waals surface area (Å²) in [6.45, 7) is 0.683. The summed E-state index contributed by atoms with van der Waals surface area (Å²) in [6, 6.07) is 0. The van der Waals surface area contributed by atoms with Crippen LogP contribution in [0, 0.1) is 5.41 Å². The highest BCUT2D eigenvalue weighted by atomic mass is 35.5. The first-order valence-corrected chi connectivity index (χ1v) is 2.94. The molecular formula is C5H10ClN5. The summed E-state index contributed by atoms with van der Waals surface area (Å²) in [7, 11) is 0. The van der Waals surface area contributed by atoms with Crippen LogP contribution in [-0.4, -0.2) is 20.6 Å². The molecule has 0 aromatic carbocycles. The number of aromatic nitrogens is 3. The first-order chi connectivity index (χ1) is 4.79. The summed E-state index contributed by atoms with van der Waals surface area (Å²) in [5.74, 6) is 0.189. The summed E-state index contributed by atoms with van der Waals surface area (Å²) < 4.78 is 1.78. The lowest BCUT2D eigenvalue weighted by atomic mass is 10.4. The van der Waals surface area contributed by atoms with Gasteiger partial charge >= 0.3 is 0 Å². The second kappa shape index (κ2) is 4.68. The number of aryl methyl sites for hydroxylation is 1. The maximum absolute atomic E-state index is 6.92. The molecular weight excluding hydrogens is 166 g/mol. The summed E-state index contributed by atoms with van der Waals surface area (Å²) >= 11 is 0. The first-order valence-electron chi connectivity index (χ1n) is 2.94. The first kappa shape index (κ1) is 9.90. The molecule has 11 heavy (non-hydrogen) atoms. The molecule has 0 amide bonds. The molecule has 62 valence electrons. The zero-order valence-electron chi connectivity index (χ0n) is 5.90. The molecule has 1 aromatic heterocycles. The normalized spacial score (nSPS) is 8.73. The van der Waals surface area contributed by atoms with Gasteiger partial charge in [0.05, 0.1) is 5.84 Å². The van der Waals surface area contributed by atoms with E-state index in [0.717, 1.165) is 0 Å². The average molecular weight is 176 g/mol. The van der Waals surface area contributed by atoms with Crippen molar-refractivity contribution in [2.75, 3.05) is 0 Å². The molecule has 1 rings (SSSR count). The van der Waals surface area contributed by atoms with E-state index >= 15 is 0 Å². The minimum Gasteiger partial charge on any atom is -0.388 e. The summed E-state index contributed by atoms with van der Waals surface area (Å²) in [4.78, 5) is 0. The van der Waals surface area contributed by atoms with Crippen LogP contribution in [0.15, 0.2) is 12.7 Å². The molecule has 0 aliphatic rings. The number of rotatable bonds is 3. The summed E-state index contributed by atoms with van der Waals surface area (Å²) in [6.07, 6.45) is 3.75. The molecule has 6 heteroatoms. The van der Waals surface area contributed by atoms with Crippen LogP contribution in [0.25, 0.3) is 0 Å². The van der Waals surface area contributed by atoms with E-state index < -0.39 is 0 Å². The quantitative estimate of drug-likeness (QED) is 0.502. The minimum atomic E-state index is 0. The molecule has 0 atom stereocenters. The topological polar surface area (TPSA) is 80.6 Å². The standard InChI is InChI=1S/C5H9N5.ClH/c6-5(7)1-2-10-3-8-9-4-10;/h3-4H,1-2H2,(H3,6,7);1H. The molecule has 5 nitrogen and oxygen atoms in total. The fourth-order valence-corrected chi connectivity index (χ4v) is 0.587. The average Bonchev–Trinajstić information content (AvgIpc) is 2.34. The maximum atomic E-state index is 6.92. The van der Waals surface area contributed by atoms with E-state index in [9.17, 15) is 0 Å². The smallest absolute Gasteiger partial charge is 0.119 e. The minimum absolute atomic E-state index is 0. The van der Waals surface area contributed by atoms with Gasteiger partial charge in [0, 0.05) is 13.0 Å². The van der Waals surface area contributed by atoms with Gasteiger partial charge in [-0.1, -0.05) is 0 Å². The lowest BCUT2D eigenvalue weighted by molar-refractivity contribution is 0.718. The van der Waals surface area contributed by atoms with Gasteiger partial charge in [-0.2, -0.15) is 0 Å². The fourth-order valence-electron chi connectivity index (χ4n) is 0.587. The van der Waals surface area contributed by atoms with Crippen LogP contribution in [0.2, 0.25) is 0 Å². The highest BCUT2D eigenvalue weighted by Gasteiger charge is 1.91. The number of hydrogen-bond donors (Lipinski definition) is 2. The molecule has 0 saturated heterocycles. The van der Waals surface area contributed by atoms with Crippen molar-refractivity contribution in [3.8, 4) is 0 Å². The molecule has 0 radical (unpaired) electrons. The number of amidine groups is 1. The summed E-state index contributed by atoms with van der Waals surface area (Å²) in [5.41, 5.74) is 5.14. The van der Waals surface area contributed by atoms with Gasteiger partial charge in [0.25, 0.3) is 0 Å². The Bertz CT molecular complexity index is 207. The molecule has 0 spiro atoms. The van der Waals surface area contributed by atoms with Crippen LogP contribution in [0.5, 0.6) is 0 Å². The molecule has 0 saturated carbocycles. The van der Waals surface area contributed by atoms with Crippen LogP contribution < -0.4 is 5.73 Å². The Morgan fingerprint density at radius 3 is 2.45 bits per heavy atom. The Hall–Kier alpha value is -1.10. The van der Waals surface area contributed by atoms with Gasteiger partial charge < -0.3 is 10.3 Å². The van der Waals surface area contributed by atoms with Crippen LogP contribution >= 0.6 is 12.4 Å². The van der Waals surface area contributed by atoms with Gasteiger partial charge in [-0.05, 0) is 0 Å². The van der Waals surface area contributed by atoms with Gasteiger partial charge in [-0.3, -0.25) is 5.41 Å². The van der Waals surface area contributed by atoms with Gasteiger partial charge in [-0.25, -0.2) is 0 Å². The van der Waals surface area contributed by atoms with E-state index in [-0.39, 0.29) is 18.2 Å². The van der Waals surface area contributed by atoms with E-state index in [1.54, 1.807) is 17.2 Å². The molecule has 0 bridgehead atoms. The fraction of sp³-hybridized carbons (Fsp3) is 0.400. The molecule has 3 N–H and O–H groups in total. The van der Waals surface area contributed by atoms with Crippen LogP contribution in [0.3, 0.4) is 0 Å². The SMILES string of the molecule is Cl.N=C(N)CCn1cnnc1. The van der Waals surface area contributed by atoms with Crippen molar-refractivity contribution in [1.29, 1.82) is 5.41 Å². The van der Waals surface area contributed by atoms with Crippen molar-refractivity contribution in [3.05, 3.63) is 12.7 Å². The van der Waals surface area contributed by atoms with Gasteiger partial charge in [0.2, 0.25) is 0 Å². The van der Waals surface area contributed by atoms with Crippen molar-refractivity contribution in [2.24, 2.45) is 5.73 Å². The van der Waals surface area contributed by atoms with Crippen molar-refractivity contribution in [2.45, 2.75) is 13.0 Å². The molecule has 0 aliphatic heterocycles. The van der Waals surface area contributed by atoms with E-state index in [1.165, 1.54) is 0 Å². The zero-order valence-corrected chi connectivity index (χ0v) is 6.71. The molecule has 1 aromatic rings. The molecule has 0 aliphatic carbocycles. The van der Waals surface area contributed by atoms with E-state index in [4.69, 9.17) is 11.1 Å². The molecule has 0 unspecified atom stereocenters. The monoisotopic (exact) mass is 175 g/mol. The van der Waals surface area contributed by atoms with Crippen molar-refractivity contribution in [1.82, 2.24) is 14.8 Å². The highest BCUT2D eigenvalue weighted by Crippen LogP contribution is 1.86. The Kier molecular flexibility index (Phi) is 4.21. The summed E-state index contributed by atoms with van der Waals surface area (Å²) in [5, 5.41) is 14.1. The maximum Gasteiger partial charge on any atom is 0.119 e. The van der Waals surface area contributed by atoms with Crippen LogP contribution in [-0.2, 0) is 6.54 Å². The zero-order chi connectivity index (χ0) is 7.40. The van der Waals surface area contributed by atoms with Gasteiger partial charge in [-0.15, -0.1) is 22.6 Å². The highest BCUT2D eigenvalue weighted by molar-refractivity contribution is 5.85. The van der Waals surface area contributed by atoms with Crippen molar-refractivity contribution in [3.63, 3.8) is 0 Å². The van der Waals surface area contributed by atoms with Crippen molar-refractivity contribution < 1.29 is 0 Å². The second-order valence-corrected chi connectivity index (χ2v) is 1.97. The third-order valence-electron chi connectivity index (χ3n) is 1.11. The predicted octanol–water partition coefficient (Wildman–Crippen LogP) is 0.0260. The lowest BCUT2D eigenvalue weighted by Crippen LogP contribution is -2.12. The Morgan fingerprint density at radius 1 is 1.45 bits per heavy atom. The van der Waals surface area contributed by atoms with Crippen LogP contribution in [0.4, 0.5) is 0 Å². The van der Waals surface area contributed by atoms with Gasteiger partial charge in [0.15, 0.2) is 0 Å². The number of hydrogen-bond acceptors (Lipinski definition) is 3. The largest absolute Gasteiger partial charge is 0.388 e. The Labute approximate surface area is 70.5 Å². The van der Waals surface area contributed by atoms with E-state index in [0.29, 0.717) is 13.0 Å². The van der Waals surface area contributed by atoms with E-state index in [1.807, 2.05) is 0 Å². The Morgan fingerprint density at radius 2 is 2.00 bits per heavy atom. The Balaban J connectivity index is 0.000001000. The molecule has 0 fully saturated rings. The third kappa shape index (κ3) is 3.57. The number of nitrogens with two attached hydrogens (primary N) is 1. The predicted molar refractivity (Wildman–Crippen MR) is 43.8 cm³/mol.